The summed E-state index contributed by atoms with van der Waals surface area (Å²) in [4.78, 5) is 22.8. The number of para-hydroxylation sites is 1. The van der Waals surface area contributed by atoms with Crippen LogP contribution in [0.1, 0.15) is 74.2 Å². The molecule has 2 rings (SSSR count). The van der Waals surface area contributed by atoms with E-state index < -0.39 is 10.9 Å². The van der Waals surface area contributed by atoms with Crippen LogP contribution in [-0.2, 0) is 0 Å². The van der Waals surface area contributed by atoms with Gasteiger partial charge in [-0.1, -0.05) is 57.7 Å². The van der Waals surface area contributed by atoms with Crippen LogP contribution >= 0.6 is 0 Å². The minimum atomic E-state index is -0.499. The van der Waals surface area contributed by atoms with Crippen molar-refractivity contribution in [3.8, 4) is 5.75 Å². The van der Waals surface area contributed by atoms with Gasteiger partial charge in [0.2, 0.25) is 0 Å². The third kappa shape index (κ3) is 5.91. The van der Waals surface area contributed by atoms with E-state index in [0.717, 1.165) is 31.2 Å². The van der Waals surface area contributed by atoms with Crippen LogP contribution in [0.25, 0.3) is 0 Å². The molecule has 5 heteroatoms. The molecule has 0 aromatic heterocycles. The Kier molecular flexibility index (Phi) is 7.99. The summed E-state index contributed by atoms with van der Waals surface area (Å²) in [6, 6.07) is 13.2. The maximum absolute atomic E-state index is 12.5. The van der Waals surface area contributed by atoms with E-state index in [1.807, 2.05) is 24.3 Å². The highest BCUT2D eigenvalue weighted by Crippen LogP contribution is 2.34. The molecule has 0 amide bonds. The number of ether oxygens (including phenoxy) is 1. The molecule has 0 radical (unpaired) electrons. The molecule has 0 saturated heterocycles. The number of benzene rings is 2. The van der Waals surface area contributed by atoms with Crippen molar-refractivity contribution in [3.63, 3.8) is 0 Å². The first-order valence-corrected chi connectivity index (χ1v) is 9.62. The zero-order chi connectivity index (χ0) is 19.6. The summed E-state index contributed by atoms with van der Waals surface area (Å²) in [7, 11) is 0. The van der Waals surface area contributed by atoms with Crippen LogP contribution < -0.4 is 4.74 Å². The molecule has 0 bridgehead atoms. The van der Waals surface area contributed by atoms with Crippen molar-refractivity contribution in [2.24, 2.45) is 0 Å². The van der Waals surface area contributed by atoms with Crippen molar-refractivity contribution in [1.82, 2.24) is 0 Å². The van der Waals surface area contributed by atoms with Crippen molar-refractivity contribution in [1.29, 1.82) is 0 Å². The molecule has 144 valence electrons. The fraction of sp³-hybridized carbons (Fsp3) is 0.409. The van der Waals surface area contributed by atoms with Gasteiger partial charge in [-0.15, -0.1) is 0 Å². The largest absolute Gasteiger partial charge is 0.423 e. The smallest absolute Gasteiger partial charge is 0.343 e. The summed E-state index contributed by atoms with van der Waals surface area (Å²) >= 11 is 0. The molecule has 5 nitrogen and oxygen atoms in total. The summed E-state index contributed by atoms with van der Waals surface area (Å²) < 4.78 is 5.66. The zero-order valence-corrected chi connectivity index (χ0v) is 16.0. The van der Waals surface area contributed by atoms with Crippen LogP contribution in [0.2, 0.25) is 0 Å². The van der Waals surface area contributed by atoms with E-state index in [1.54, 1.807) is 0 Å². The molecule has 0 spiro atoms. The second-order valence-corrected chi connectivity index (χ2v) is 6.71. The number of esters is 1. The van der Waals surface area contributed by atoms with E-state index in [2.05, 4.69) is 13.8 Å². The van der Waals surface area contributed by atoms with Crippen LogP contribution in [-0.4, -0.2) is 10.9 Å². The maximum Gasteiger partial charge on any atom is 0.343 e. The highest BCUT2D eigenvalue weighted by molar-refractivity contribution is 5.91. The van der Waals surface area contributed by atoms with E-state index in [1.165, 1.54) is 37.1 Å². The highest BCUT2D eigenvalue weighted by atomic mass is 16.6. The van der Waals surface area contributed by atoms with Gasteiger partial charge in [0.05, 0.1) is 10.5 Å². The Labute approximate surface area is 160 Å². The molecule has 1 unspecified atom stereocenters. The minimum Gasteiger partial charge on any atom is -0.423 e. The van der Waals surface area contributed by atoms with E-state index >= 15 is 0 Å². The molecule has 0 fully saturated rings. The highest BCUT2D eigenvalue weighted by Gasteiger charge is 2.18. The Hall–Kier alpha value is -2.69. The molecule has 0 aliphatic carbocycles. The zero-order valence-electron chi connectivity index (χ0n) is 16.0. The van der Waals surface area contributed by atoms with Gasteiger partial charge in [0, 0.05) is 12.1 Å². The summed E-state index contributed by atoms with van der Waals surface area (Å²) in [6.45, 7) is 4.35. The number of nitro benzene ring substituents is 1. The summed E-state index contributed by atoms with van der Waals surface area (Å²) in [5.74, 6) is 0.444. The van der Waals surface area contributed by atoms with Gasteiger partial charge in [-0.2, -0.15) is 0 Å². The number of unbranched alkanes of at least 4 members (excludes halogenated alkanes) is 2. The topological polar surface area (TPSA) is 69.4 Å². The summed E-state index contributed by atoms with van der Waals surface area (Å²) in [5.41, 5.74) is 1.31. The molecular weight excluding hydrogens is 342 g/mol. The Balaban J connectivity index is 2.17. The molecule has 0 saturated carbocycles. The van der Waals surface area contributed by atoms with E-state index in [0.29, 0.717) is 17.2 Å². The van der Waals surface area contributed by atoms with Crippen molar-refractivity contribution < 1.29 is 14.5 Å². The SMILES string of the molecule is CCCCCC(CCC)c1ccccc1OC(=O)c1ccc([N+](=O)[O-])cc1. The number of nitro groups is 1. The quantitative estimate of drug-likeness (QED) is 0.162. The third-order valence-electron chi connectivity index (χ3n) is 4.67. The lowest BCUT2D eigenvalue weighted by Gasteiger charge is -2.19. The Morgan fingerprint density at radius 1 is 1.00 bits per heavy atom. The number of hydrogen-bond donors (Lipinski definition) is 0. The number of carbonyl (C=O) groups is 1. The Bertz CT molecular complexity index is 755. The Morgan fingerprint density at radius 3 is 2.33 bits per heavy atom. The van der Waals surface area contributed by atoms with Gasteiger partial charge in [-0.25, -0.2) is 4.79 Å². The van der Waals surface area contributed by atoms with Gasteiger partial charge < -0.3 is 4.74 Å². The molecule has 2 aromatic carbocycles. The fourth-order valence-electron chi connectivity index (χ4n) is 3.23. The molecular formula is C22H27NO4. The first-order chi connectivity index (χ1) is 13.1. The van der Waals surface area contributed by atoms with Crippen molar-refractivity contribution in [2.75, 3.05) is 0 Å². The van der Waals surface area contributed by atoms with Gasteiger partial charge in [-0.3, -0.25) is 10.1 Å². The minimum absolute atomic E-state index is 0.0501. The molecule has 0 aliphatic heterocycles. The van der Waals surface area contributed by atoms with Gasteiger partial charge in [-0.05, 0) is 42.5 Å². The van der Waals surface area contributed by atoms with Gasteiger partial charge >= 0.3 is 5.97 Å². The predicted molar refractivity (Wildman–Crippen MR) is 106 cm³/mol. The Morgan fingerprint density at radius 2 is 1.70 bits per heavy atom. The van der Waals surface area contributed by atoms with Crippen LogP contribution in [0.4, 0.5) is 5.69 Å². The molecule has 0 aliphatic rings. The lowest BCUT2D eigenvalue weighted by Crippen LogP contribution is -2.11. The van der Waals surface area contributed by atoms with Gasteiger partial charge in [0.15, 0.2) is 0 Å². The van der Waals surface area contributed by atoms with Crippen molar-refractivity contribution in [2.45, 2.75) is 58.3 Å². The number of hydrogen-bond acceptors (Lipinski definition) is 4. The molecule has 27 heavy (non-hydrogen) atoms. The van der Waals surface area contributed by atoms with Crippen LogP contribution in [0.5, 0.6) is 5.75 Å². The normalized spacial score (nSPS) is 11.8. The number of non-ortho nitro benzene ring substituents is 1. The van der Waals surface area contributed by atoms with E-state index in [9.17, 15) is 14.9 Å². The lowest BCUT2D eigenvalue weighted by atomic mass is 9.89. The van der Waals surface area contributed by atoms with Gasteiger partial charge in [0.1, 0.15) is 5.75 Å². The third-order valence-corrected chi connectivity index (χ3v) is 4.67. The van der Waals surface area contributed by atoms with Crippen LogP contribution in [0.3, 0.4) is 0 Å². The molecule has 0 N–H and O–H groups in total. The summed E-state index contributed by atoms with van der Waals surface area (Å²) in [5, 5.41) is 10.8. The number of rotatable bonds is 10. The number of nitrogens with zero attached hydrogens (tertiary/aromatic N) is 1. The van der Waals surface area contributed by atoms with Crippen molar-refractivity contribution in [3.05, 3.63) is 69.8 Å². The van der Waals surface area contributed by atoms with Gasteiger partial charge in [0.25, 0.3) is 5.69 Å². The number of carbonyl (C=O) groups excluding carboxylic acids is 1. The lowest BCUT2D eigenvalue weighted by molar-refractivity contribution is -0.384. The van der Waals surface area contributed by atoms with E-state index in [4.69, 9.17) is 4.74 Å². The maximum atomic E-state index is 12.5. The average molecular weight is 369 g/mol. The average Bonchev–Trinajstić information content (AvgIpc) is 2.68. The van der Waals surface area contributed by atoms with Crippen LogP contribution in [0.15, 0.2) is 48.5 Å². The first kappa shape index (κ1) is 20.6. The molecule has 1 atom stereocenters. The predicted octanol–water partition coefficient (Wildman–Crippen LogP) is 6.28. The van der Waals surface area contributed by atoms with Crippen molar-refractivity contribution >= 4 is 11.7 Å². The molecule has 2 aromatic rings. The standard InChI is InChI=1S/C22H27NO4/c1-3-5-6-10-17(9-4-2)20-11-7-8-12-21(20)27-22(24)18-13-15-19(16-14-18)23(25)26/h7-8,11-17H,3-6,9-10H2,1-2H3. The van der Waals surface area contributed by atoms with E-state index in [-0.39, 0.29) is 5.69 Å². The second-order valence-electron chi connectivity index (χ2n) is 6.71. The first-order valence-electron chi connectivity index (χ1n) is 9.62. The fourth-order valence-corrected chi connectivity index (χ4v) is 3.23. The second kappa shape index (κ2) is 10.5. The van der Waals surface area contributed by atoms with Crippen LogP contribution in [0, 0.1) is 10.1 Å². The molecule has 0 heterocycles. The monoisotopic (exact) mass is 369 g/mol. The summed E-state index contributed by atoms with van der Waals surface area (Å²) in [6.07, 6.45) is 6.73.